The third kappa shape index (κ3) is 5.05. The van der Waals surface area contributed by atoms with Gasteiger partial charge in [0.25, 0.3) is 0 Å². The Kier molecular flexibility index (Phi) is 6.07. The normalized spacial score (nSPS) is 32.4. The van der Waals surface area contributed by atoms with Gasteiger partial charge in [0.15, 0.2) is 15.8 Å². The van der Waals surface area contributed by atoms with Gasteiger partial charge in [-0.3, -0.25) is 9.89 Å². The molecule has 4 rings (SSSR count). The van der Waals surface area contributed by atoms with Crippen LogP contribution in [0.25, 0.3) is 0 Å². The molecule has 152 valence electrons. The zero-order chi connectivity index (χ0) is 18.7. The molecular weight excluding hydrogens is 360 g/mol. The van der Waals surface area contributed by atoms with Crippen LogP contribution in [0.5, 0.6) is 0 Å². The number of nitrogens with one attached hydrogen (secondary N) is 1. The molecule has 0 amide bonds. The summed E-state index contributed by atoms with van der Waals surface area (Å²) in [4.78, 5) is 9.90. The predicted molar refractivity (Wildman–Crippen MR) is 110 cm³/mol. The monoisotopic (exact) mass is 394 g/mol. The first-order valence-electron chi connectivity index (χ1n) is 10.7. The maximum atomic E-state index is 11.8. The summed E-state index contributed by atoms with van der Waals surface area (Å²) in [6.45, 7) is 4.86. The second kappa shape index (κ2) is 8.52. The summed E-state index contributed by atoms with van der Waals surface area (Å²) in [5, 5.41) is 3.75. The first-order valence-corrected chi connectivity index (χ1v) is 12.6. The van der Waals surface area contributed by atoms with E-state index in [9.17, 15) is 8.42 Å². The van der Waals surface area contributed by atoms with E-state index in [1.54, 1.807) is 0 Å². The molecular formula is C20H34N4O2S. The van der Waals surface area contributed by atoms with Crippen LogP contribution in [0.4, 0.5) is 0 Å². The van der Waals surface area contributed by atoms with Crippen molar-refractivity contribution in [2.24, 2.45) is 10.9 Å². The summed E-state index contributed by atoms with van der Waals surface area (Å²) in [6.07, 6.45) is 12.9. The van der Waals surface area contributed by atoms with Crippen molar-refractivity contribution in [3.8, 4) is 0 Å². The molecule has 0 bridgehead atoms. The van der Waals surface area contributed by atoms with Crippen LogP contribution in [0.2, 0.25) is 0 Å². The zero-order valence-corrected chi connectivity index (χ0v) is 17.2. The fourth-order valence-electron chi connectivity index (χ4n) is 4.92. The molecule has 0 aromatic rings. The van der Waals surface area contributed by atoms with Gasteiger partial charge in [-0.05, 0) is 31.6 Å². The van der Waals surface area contributed by atoms with E-state index in [1.165, 1.54) is 38.5 Å². The van der Waals surface area contributed by atoms with E-state index in [0.717, 1.165) is 38.6 Å². The molecule has 0 spiro atoms. The van der Waals surface area contributed by atoms with Gasteiger partial charge in [0.05, 0.1) is 11.5 Å². The lowest BCUT2D eigenvalue weighted by Gasteiger charge is -2.30. The lowest BCUT2D eigenvalue weighted by atomic mass is 9.96. The van der Waals surface area contributed by atoms with E-state index in [-0.39, 0.29) is 5.92 Å². The second-order valence-electron chi connectivity index (χ2n) is 8.73. The standard InChI is InChI=1S/C20H34N4O2S/c25-27(26)13-9-17(16-27)14-21-20(22-18-6-2-1-3-7-18)24-12-8-19(15-24)23-10-4-5-11-23/h4-5,17-19H,1-3,6-16H2,(H,21,22). The predicted octanol–water partition coefficient (Wildman–Crippen LogP) is 1.65. The Hall–Kier alpha value is -1.08. The first-order chi connectivity index (χ1) is 13.1. The number of hydrogen-bond donors (Lipinski definition) is 1. The van der Waals surface area contributed by atoms with Gasteiger partial charge in [-0.15, -0.1) is 0 Å². The molecule has 7 heteroatoms. The number of likely N-dealkylation sites (tertiary alicyclic amines) is 1. The molecule has 1 N–H and O–H groups in total. The van der Waals surface area contributed by atoms with Gasteiger partial charge in [0, 0.05) is 44.8 Å². The van der Waals surface area contributed by atoms with Crippen LogP contribution in [-0.2, 0) is 9.84 Å². The molecule has 2 atom stereocenters. The Morgan fingerprint density at radius 3 is 2.56 bits per heavy atom. The molecule has 2 unspecified atom stereocenters. The molecule has 1 aliphatic carbocycles. The highest BCUT2D eigenvalue weighted by Gasteiger charge is 2.32. The van der Waals surface area contributed by atoms with Crippen molar-refractivity contribution in [1.82, 2.24) is 15.1 Å². The molecule has 0 aromatic heterocycles. The molecule has 0 radical (unpaired) electrons. The number of nitrogens with zero attached hydrogens (tertiary/aromatic N) is 3. The summed E-state index contributed by atoms with van der Waals surface area (Å²) in [6, 6.07) is 1.13. The minimum atomic E-state index is -2.83. The van der Waals surface area contributed by atoms with Crippen molar-refractivity contribution in [3.63, 3.8) is 0 Å². The van der Waals surface area contributed by atoms with E-state index < -0.39 is 9.84 Å². The Labute approximate surface area is 164 Å². The molecule has 0 aromatic carbocycles. The van der Waals surface area contributed by atoms with E-state index >= 15 is 0 Å². The third-order valence-corrected chi connectivity index (χ3v) is 8.43. The number of sulfone groups is 1. The van der Waals surface area contributed by atoms with Gasteiger partial charge < -0.3 is 10.2 Å². The van der Waals surface area contributed by atoms with Crippen molar-refractivity contribution in [3.05, 3.63) is 12.2 Å². The molecule has 1 saturated carbocycles. The van der Waals surface area contributed by atoms with Crippen LogP contribution < -0.4 is 5.32 Å². The molecule has 4 aliphatic rings. The molecule has 6 nitrogen and oxygen atoms in total. The summed E-state index contributed by atoms with van der Waals surface area (Å²) in [5.41, 5.74) is 0. The van der Waals surface area contributed by atoms with Gasteiger partial charge in [-0.2, -0.15) is 0 Å². The highest BCUT2D eigenvalue weighted by Crippen LogP contribution is 2.22. The van der Waals surface area contributed by atoms with E-state index in [4.69, 9.17) is 4.99 Å². The van der Waals surface area contributed by atoms with Crippen molar-refractivity contribution in [2.45, 2.75) is 57.0 Å². The maximum Gasteiger partial charge on any atom is 0.194 e. The Bertz CT molecular complexity index is 661. The lowest BCUT2D eigenvalue weighted by molar-refractivity contribution is 0.258. The smallest absolute Gasteiger partial charge is 0.194 e. The van der Waals surface area contributed by atoms with E-state index in [2.05, 4.69) is 27.3 Å². The van der Waals surface area contributed by atoms with Gasteiger partial charge in [-0.25, -0.2) is 8.42 Å². The Morgan fingerprint density at radius 2 is 1.85 bits per heavy atom. The fourth-order valence-corrected chi connectivity index (χ4v) is 6.77. The van der Waals surface area contributed by atoms with Crippen LogP contribution in [0.3, 0.4) is 0 Å². The minimum absolute atomic E-state index is 0.194. The zero-order valence-electron chi connectivity index (χ0n) is 16.4. The summed E-state index contributed by atoms with van der Waals surface area (Å²) in [7, 11) is -2.83. The minimum Gasteiger partial charge on any atom is -0.354 e. The SMILES string of the molecule is O=S1(=O)CCC(CN=C(NC2CCCCC2)N2CCC(N3CC=CC3)C2)C1. The number of guanidine groups is 1. The first kappa shape index (κ1) is 19.2. The fraction of sp³-hybridized carbons (Fsp3) is 0.850. The lowest BCUT2D eigenvalue weighted by Crippen LogP contribution is -2.47. The van der Waals surface area contributed by atoms with Crippen molar-refractivity contribution >= 4 is 15.8 Å². The Morgan fingerprint density at radius 1 is 1.07 bits per heavy atom. The molecule has 27 heavy (non-hydrogen) atoms. The van der Waals surface area contributed by atoms with Gasteiger partial charge in [0.1, 0.15) is 0 Å². The van der Waals surface area contributed by atoms with Gasteiger partial charge in [0.2, 0.25) is 0 Å². The average Bonchev–Trinajstić information content (AvgIpc) is 3.40. The van der Waals surface area contributed by atoms with Gasteiger partial charge >= 0.3 is 0 Å². The average molecular weight is 395 g/mol. The number of hydrogen-bond acceptors (Lipinski definition) is 4. The molecule has 3 fully saturated rings. The van der Waals surface area contributed by atoms with Crippen LogP contribution in [0, 0.1) is 5.92 Å². The van der Waals surface area contributed by atoms with Crippen molar-refractivity contribution < 1.29 is 8.42 Å². The largest absolute Gasteiger partial charge is 0.354 e. The number of aliphatic imine (C=N–C) groups is 1. The van der Waals surface area contributed by atoms with Crippen molar-refractivity contribution in [2.75, 3.05) is 44.2 Å². The van der Waals surface area contributed by atoms with E-state index in [0.29, 0.717) is 30.1 Å². The molecule has 3 aliphatic heterocycles. The quantitative estimate of drug-likeness (QED) is 0.446. The maximum absolute atomic E-state index is 11.8. The molecule has 2 saturated heterocycles. The third-order valence-electron chi connectivity index (χ3n) is 6.59. The highest BCUT2D eigenvalue weighted by atomic mass is 32.2. The Balaban J connectivity index is 1.40. The second-order valence-corrected chi connectivity index (χ2v) is 11.0. The van der Waals surface area contributed by atoms with E-state index in [1.807, 2.05) is 0 Å². The van der Waals surface area contributed by atoms with Crippen LogP contribution in [0.15, 0.2) is 17.1 Å². The highest BCUT2D eigenvalue weighted by molar-refractivity contribution is 7.91. The van der Waals surface area contributed by atoms with Crippen LogP contribution >= 0.6 is 0 Å². The number of rotatable bonds is 4. The summed E-state index contributed by atoms with van der Waals surface area (Å²) in [5.74, 6) is 1.88. The van der Waals surface area contributed by atoms with Crippen LogP contribution in [-0.4, -0.2) is 80.5 Å². The van der Waals surface area contributed by atoms with Crippen molar-refractivity contribution in [1.29, 1.82) is 0 Å². The topological polar surface area (TPSA) is 65.0 Å². The van der Waals surface area contributed by atoms with Crippen LogP contribution in [0.1, 0.15) is 44.9 Å². The summed E-state index contributed by atoms with van der Waals surface area (Å²) >= 11 is 0. The molecule has 3 heterocycles. The van der Waals surface area contributed by atoms with Gasteiger partial charge in [-0.1, -0.05) is 31.4 Å². The summed E-state index contributed by atoms with van der Waals surface area (Å²) < 4.78 is 23.5.